The van der Waals surface area contributed by atoms with Crippen LogP contribution in [-0.2, 0) is 14.1 Å². The van der Waals surface area contributed by atoms with Crippen molar-refractivity contribution in [2.75, 3.05) is 0 Å². The molecule has 0 spiro atoms. The number of aryl methyl sites for hydroxylation is 2. The Morgan fingerprint density at radius 3 is 2.71 bits per heavy atom. The van der Waals surface area contributed by atoms with Crippen LogP contribution in [0.1, 0.15) is 16.3 Å². The predicted molar refractivity (Wildman–Crippen MR) is 47.6 cm³/mol. The van der Waals surface area contributed by atoms with Crippen molar-refractivity contribution >= 4 is 5.78 Å². The van der Waals surface area contributed by atoms with Gasteiger partial charge in [-0.15, -0.1) is 10.2 Å². The van der Waals surface area contributed by atoms with Crippen LogP contribution in [-0.4, -0.2) is 30.3 Å². The molecule has 0 bridgehead atoms. The summed E-state index contributed by atoms with van der Waals surface area (Å²) >= 11 is 0. The molecule has 0 aliphatic rings. The highest BCUT2D eigenvalue weighted by Crippen LogP contribution is 2.03. The molecule has 0 saturated carbocycles. The normalized spacial score (nSPS) is 10.4. The molecular weight excluding hydrogens is 182 g/mol. The summed E-state index contributed by atoms with van der Waals surface area (Å²) in [6.45, 7) is 0. The van der Waals surface area contributed by atoms with Crippen LogP contribution in [0.2, 0.25) is 0 Å². The van der Waals surface area contributed by atoms with Crippen LogP contribution in [0.4, 0.5) is 0 Å². The first-order valence-corrected chi connectivity index (χ1v) is 4.07. The second-order valence-corrected chi connectivity index (χ2v) is 2.97. The molecule has 14 heavy (non-hydrogen) atoms. The molecule has 0 atom stereocenters. The lowest BCUT2D eigenvalue weighted by molar-refractivity contribution is 0.102. The van der Waals surface area contributed by atoms with Gasteiger partial charge in [0.05, 0.1) is 0 Å². The quantitative estimate of drug-likeness (QED) is 0.615. The third-order valence-electron chi connectivity index (χ3n) is 1.86. The number of ketones is 1. The number of hydrogen-bond acceptors (Lipinski definition) is 4. The zero-order valence-corrected chi connectivity index (χ0v) is 7.88. The van der Waals surface area contributed by atoms with Crippen LogP contribution >= 0.6 is 0 Å². The summed E-state index contributed by atoms with van der Waals surface area (Å²) in [5, 5.41) is 11.3. The molecule has 0 N–H and O–H groups in total. The number of rotatable bonds is 2. The largest absolute Gasteiger partial charge is 0.314 e. The average molecular weight is 191 g/mol. The molecule has 2 aromatic rings. The fraction of sp³-hybridized carbons (Fsp3) is 0.250. The third kappa shape index (κ3) is 1.30. The Bertz CT molecular complexity index is 470. The Balaban J connectivity index is 2.38. The molecule has 2 rings (SSSR count). The van der Waals surface area contributed by atoms with Gasteiger partial charge in [0.2, 0.25) is 5.82 Å². The zero-order valence-electron chi connectivity index (χ0n) is 7.88. The van der Waals surface area contributed by atoms with Crippen molar-refractivity contribution in [3.8, 4) is 0 Å². The Kier molecular flexibility index (Phi) is 1.88. The number of carbonyl (C=O) groups is 1. The summed E-state index contributed by atoms with van der Waals surface area (Å²) in [6, 6.07) is 1.65. The number of aromatic nitrogens is 5. The van der Waals surface area contributed by atoms with Crippen LogP contribution in [0.25, 0.3) is 0 Å². The number of nitrogens with zero attached hydrogens (tertiary/aromatic N) is 5. The molecule has 0 aliphatic carbocycles. The lowest BCUT2D eigenvalue weighted by atomic mass is 10.3. The maximum absolute atomic E-state index is 11.7. The molecule has 0 fully saturated rings. The van der Waals surface area contributed by atoms with Crippen molar-refractivity contribution in [1.29, 1.82) is 0 Å². The summed E-state index contributed by atoms with van der Waals surface area (Å²) in [7, 11) is 3.48. The summed E-state index contributed by atoms with van der Waals surface area (Å²) in [5.41, 5.74) is 0.378. The molecule has 72 valence electrons. The van der Waals surface area contributed by atoms with Crippen molar-refractivity contribution in [3.63, 3.8) is 0 Å². The van der Waals surface area contributed by atoms with Gasteiger partial charge in [0, 0.05) is 20.3 Å². The molecule has 0 unspecified atom stereocenters. The van der Waals surface area contributed by atoms with E-state index in [-0.39, 0.29) is 5.78 Å². The molecule has 0 aromatic carbocycles. The summed E-state index contributed by atoms with van der Waals surface area (Å²) < 4.78 is 3.14. The Morgan fingerprint density at radius 1 is 1.43 bits per heavy atom. The van der Waals surface area contributed by atoms with Gasteiger partial charge in [0.1, 0.15) is 12.0 Å². The first kappa shape index (κ1) is 8.61. The second kappa shape index (κ2) is 3.06. The zero-order chi connectivity index (χ0) is 10.1. The van der Waals surface area contributed by atoms with Crippen molar-refractivity contribution in [1.82, 2.24) is 24.5 Å². The van der Waals surface area contributed by atoms with Crippen molar-refractivity contribution in [3.05, 3.63) is 30.1 Å². The van der Waals surface area contributed by atoms with Crippen LogP contribution in [0, 0.1) is 0 Å². The van der Waals surface area contributed by atoms with E-state index in [0.29, 0.717) is 11.5 Å². The van der Waals surface area contributed by atoms with Crippen LogP contribution in [0.5, 0.6) is 0 Å². The van der Waals surface area contributed by atoms with E-state index in [2.05, 4.69) is 15.3 Å². The first-order valence-electron chi connectivity index (χ1n) is 4.07. The van der Waals surface area contributed by atoms with Gasteiger partial charge in [-0.2, -0.15) is 5.10 Å². The summed E-state index contributed by atoms with van der Waals surface area (Å²) in [4.78, 5) is 11.7. The van der Waals surface area contributed by atoms with Crippen LogP contribution in [0.15, 0.2) is 18.6 Å². The average Bonchev–Trinajstić information content (AvgIpc) is 2.73. The topological polar surface area (TPSA) is 65.6 Å². The fourth-order valence-electron chi connectivity index (χ4n) is 1.14. The lowest BCUT2D eigenvalue weighted by Gasteiger charge is -1.95. The van der Waals surface area contributed by atoms with Gasteiger partial charge in [-0.1, -0.05) is 0 Å². The fourth-order valence-corrected chi connectivity index (χ4v) is 1.14. The number of hydrogen-bond donors (Lipinski definition) is 0. The smallest absolute Gasteiger partial charge is 0.250 e. The Morgan fingerprint density at radius 2 is 2.21 bits per heavy atom. The van der Waals surface area contributed by atoms with Gasteiger partial charge in [-0.25, -0.2) is 0 Å². The van der Waals surface area contributed by atoms with Gasteiger partial charge in [0.15, 0.2) is 0 Å². The summed E-state index contributed by atoms with van der Waals surface area (Å²) in [5.74, 6) is 0.0781. The monoisotopic (exact) mass is 191 g/mol. The standard InChI is InChI=1S/C8H9N5O/c1-12-5-9-10-8(12)7(14)6-3-4-13(2)11-6/h3-5H,1-2H3. The maximum atomic E-state index is 11.7. The molecule has 2 aromatic heterocycles. The minimum Gasteiger partial charge on any atom is -0.314 e. The van der Waals surface area contributed by atoms with E-state index >= 15 is 0 Å². The van der Waals surface area contributed by atoms with Crippen LogP contribution < -0.4 is 0 Å². The van der Waals surface area contributed by atoms with Crippen LogP contribution in [0.3, 0.4) is 0 Å². The van der Waals surface area contributed by atoms with Crippen molar-refractivity contribution in [2.45, 2.75) is 0 Å². The molecule has 0 amide bonds. The van der Waals surface area contributed by atoms with Gasteiger partial charge < -0.3 is 4.57 Å². The van der Waals surface area contributed by atoms with E-state index in [1.165, 1.54) is 6.33 Å². The van der Waals surface area contributed by atoms with Gasteiger partial charge in [0.25, 0.3) is 5.78 Å². The second-order valence-electron chi connectivity index (χ2n) is 2.97. The lowest BCUT2D eigenvalue weighted by Crippen LogP contribution is -2.09. The highest BCUT2D eigenvalue weighted by Gasteiger charge is 2.16. The molecule has 6 heteroatoms. The molecule has 0 radical (unpaired) electrons. The van der Waals surface area contributed by atoms with E-state index < -0.39 is 0 Å². The molecule has 0 saturated heterocycles. The van der Waals surface area contributed by atoms with E-state index in [1.807, 2.05) is 0 Å². The van der Waals surface area contributed by atoms with E-state index in [0.717, 1.165) is 0 Å². The van der Waals surface area contributed by atoms with Gasteiger partial charge in [-0.05, 0) is 6.07 Å². The maximum Gasteiger partial charge on any atom is 0.250 e. The highest BCUT2D eigenvalue weighted by molar-refractivity contribution is 6.05. The predicted octanol–water partition coefficient (Wildman–Crippen LogP) is -0.220. The number of carbonyl (C=O) groups excluding carboxylic acids is 1. The first-order chi connectivity index (χ1) is 6.68. The minimum absolute atomic E-state index is 0.217. The Labute approximate surface area is 80.2 Å². The minimum atomic E-state index is -0.217. The van der Waals surface area contributed by atoms with Crippen molar-refractivity contribution < 1.29 is 4.79 Å². The van der Waals surface area contributed by atoms with E-state index in [9.17, 15) is 4.79 Å². The van der Waals surface area contributed by atoms with Gasteiger partial charge in [-0.3, -0.25) is 9.48 Å². The summed E-state index contributed by atoms with van der Waals surface area (Å²) in [6.07, 6.45) is 3.19. The van der Waals surface area contributed by atoms with E-state index in [4.69, 9.17) is 0 Å². The molecular formula is C8H9N5O. The molecule has 6 nitrogen and oxygen atoms in total. The van der Waals surface area contributed by atoms with Gasteiger partial charge >= 0.3 is 0 Å². The highest BCUT2D eigenvalue weighted by atomic mass is 16.1. The SMILES string of the molecule is Cn1ccc(C(=O)c2nncn2C)n1. The van der Waals surface area contributed by atoms with E-state index in [1.54, 1.807) is 35.6 Å². The Hall–Kier alpha value is -1.98. The third-order valence-corrected chi connectivity index (χ3v) is 1.86. The van der Waals surface area contributed by atoms with Crippen molar-refractivity contribution in [2.24, 2.45) is 14.1 Å². The molecule has 2 heterocycles. The molecule has 0 aliphatic heterocycles.